The number of hydrazone groups is 1. The molecule has 0 aliphatic carbocycles. The molecule has 108 valence electrons. The maximum Gasteiger partial charge on any atom is 0.187 e. The van der Waals surface area contributed by atoms with Crippen LogP contribution < -0.4 is 10.7 Å². The Labute approximate surface area is 134 Å². The van der Waals surface area contributed by atoms with Crippen molar-refractivity contribution in [3.8, 4) is 0 Å². The van der Waals surface area contributed by atoms with E-state index >= 15 is 0 Å². The third-order valence-corrected chi connectivity index (χ3v) is 3.77. The number of hydrogen-bond donors (Lipinski definition) is 2. The Morgan fingerprint density at radius 2 is 1.86 bits per heavy atom. The number of thiocarbonyl (C=S) groups is 1. The lowest BCUT2D eigenvalue weighted by Crippen LogP contribution is -2.31. The number of benzene rings is 2. The zero-order valence-corrected chi connectivity index (χ0v) is 13.4. The van der Waals surface area contributed by atoms with Crippen LogP contribution in [-0.4, -0.2) is 17.6 Å². The molecule has 0 atom stereocenters. The normalized spacial score (nSPS) is 10.5. The van der Waals surface area contributed by atoms with Crippen molar-refractivity contribution in [3.63, 3.8) is 0 Å². The van der Waals surface area contributed by atoms with Crippen LogP contribution in [0.2, 0.25) is 0 Å². The minimum atomic E-state index is 0.510. The van der Waals surface area contributed by atoms with Crippen molar-refractivity contribution in [3.05, 3.63) is 65.7 Å². The van der Waals surface area contributed by atoms with Crippen molar-refractivity contribution in [2.24, 2.45) is 5.10 Å². The molecule has 0 heterocycles. The van der Waals surface area contributed by atoms with Gasteiger partial charge in [-0.15, -0.1) is 11.8 Å². The molecule has 0 saturated carbocycles. The summed E-state index contributed by atoms with van der Waals surface area (Å²) in [6, 6.07) is 18.3. The molecule has 0 radical (unpaired) electrons. The Bertz CT molecular complexity index is 595. The summed E-state index contributed by atoms with van der Waals surface area (Å²) >= 11 is 6.89. The van der Waals surface area contributed by atoms with E-state index in [-0.39, 0.29) is 0 Å². The van der Waals surface area contributed by atoms with E-state index in [9.17, 15) is 0 Å². The van der Waals surface area contributed by atoms with Crippen molar-refractivity contribution in [2.45, 2.75) is 11.4 Å². The maximum atomic E-state index is 5.17. The van der Waals surface area contributed by atoms with Gasteiger partial charge in [-0.1, -0.05) is 42.5 Å². The van der Waals surface area contributed by atoms with Gasteiger partial charge in [0.25, 0.3) is 0 Å². The Balaban J connectivity index is 1.76. The summed E-state index contributed by atoms with van der Waals surface area (Å²) in [4.78, 5) is 1.24. The lowest BCUT2D eigenvalue weighted by molar-refractivity contribution is 0.869. The molecule has 0 aromatic heterocycles. The van der Waals surface area contributed by atoms with Crippen LogP contribution in [0.25, 0.3) is 0 Å². The van der Waals surface area contributed by atoms with Crippen molar-refractivity contribution >= 4 is 35.3 Å². The summed E-state index contributed by atoms with van der Waals surface area (Å²) in [5.41, 5.74) is 5.03. The first-order valence-electron chi connectivity index (χ1n) is 6.53. The first kappa shape index (κ1) is 15.5. The Morgan fingerprint density at radius 3 is 2.52 bits per heavy atom. The summed E-state index contributed by atoms with van der Waals surface area (Å²) in [5.74, 6) is 0. The predicted molar refractivity (Wildman–Crippen MR) is 94.8 cm³/mol. The summed E-state index contributed by atoms with van der Waals surface area (Å²) in [6.07, 6.45) is 3.81. The van der Waals surface area contributed by atoms with Gasteiger partial charge in [-0.05, 0) is 41.7 Å². The minimum Gasteiger partial charge on any atom is -0.357 e. The topological polar surface area (TPSA) is 36.4 Å². The molecule has 0 spiro atoms. The van der Waals surface area contributed by atoms with Gasteiger partial charge < -0.3 is 5.32 Å². The van der Waals surface area contributed by atoms with Crippen LogP contribution in [0.15, 0.2) is 64.6 Å². The average molecular weight is 315 g/mol. The molecular weight excluding hydrogens is 298 g/mol. The quantitative estimate of drug-likeness (QED) is 0.384. The molecule has 3 nitrogen and oxygen atoms in total. The van der Waals surface area contributed by atoms with Crippen molar-refractivity contribution in [2.75, 3.05) is 6.26 Å². The van der Waals surface area contributed by atoms with Crippen LogP contribution in [-0.2, 0) is 6.54 Å². The highest BCUT2D eigenvalue weighted by Gasteiger charge is 1.94. The minimum absolute atomic E-state index is 0.510. The molecule has 0 unspecified atom stereocenters. The lowest BCUT2D eigenvalue weighted by Gasteiger charge is -2.06. The van der Waals surface area contributed by atoms with Gasteiger partial charge in [0.1, 0.15) is 0 Å². The summed E-state index contributed by atoms with van der Waals surface area (Å²) < 4.78 is 0. The van der Waals surface area contributed by atoms with Crippen LogP contribution in [0.3, 0.4) is 0 Å². The molecule has 2 rings (SSSR count). The predicted octanol–water partition coefficient (Wildman–Crippen LogP) is 3.41. The number of nitrogens with one attached hydrogen (secondary N) is 2. The molecular formula is C16H17N3S2. The van der Waals surface area contributed by atoms with E-state index in [4.69, 9.17) is 12.2 Å². The number of hydrogen-bond acceptors (Lipinski definition) is 3. The standard InChI is InChI=1S/C16H17N3S2/c1-21-15-9-7-14(8-10-15)12-18-19-16(20)17-11-13-5-3-2-4-6-13/h2-10,12H,11H2,1H3,(H2,17,19,20)/b18-12-. The van der Waals surface area contributed by atoms with Crippen LogP contribution in [0.5, 0.6) is 0 Å². The van der Waals surface area contributed by atoms with Gasteiger partial charge in [-0.2, -0.15) is 5.10 Å². The van der Waals surface area contributed by atoms with E-state index in [2.05, 4.69) is 34.2 Å². The second kappa shape index (κ2) is 8.44. The highest BCUT2D eigenvalue weighted by molar-refractivity contribution is 7.98. The number of rotatable bonds is 5. The van der Waals surface area contributed by atoms with E-state index in [1.807, 2.05) is 42.5 Å². The molecule has 5 heteroatoms. The molecule has 0 aliphatic heterocycles. The fourth-order valence-electron chi connectivity index (χ4n) is 1.67. The molecule has 0 saturated heterocycles. The van der Waals surface area contributed by atoms with Crippen molar-refractivity contribution in [1.29, 1.82) is 0 Å². The van der Waals surface area contributed by atoms with E-state index in [0.29, 0.717) is 11.7 Å². The van der Waals surface area contributed by atoms with Crippen LogP contribution in [0, 0.1) is 0 Å². The fraction of sp³-hybridized carbons (Fsp3) is 0.125. The highest BCUT2D eigenvalue weighted by atomic mass is 32.2. The van der Waals surface area contributed by atoms with E-state index in [1.165, 1.54) is 10.5 Å². The average Bonchev–Trinajstić information content (AvgIpc) is 2.54. The number of nitrogens with zero attached hydrogens (tertiary/aromatic N) is 1. The molecule has 2 N–H and O–H groups in total. The zero-order valence-electron chi connectivity index (χ0n) is 11.7. The van der Waals surface area contributed by atoms with Gasteiger partial charge in [-0.25, -0.2) is 0 Å². The third kappa shape index (κ3) is 5.57. The second-order valence-corrected chi connectivity index (χ2v) is 5.60. The van der Waals surface area contributed by atoms with Crippen LogP contribution >= 0.6 is 24.0 Å². The largest absolute Gasteiger partial charge is 0.357 e. The first-order chi connectivity index (χ1) is 10.3. The van der Waals surface area contributed by atoms with Crippen molar-refractivity contribution < 1.29 is 0 Å². The second-order valence-electron chi connectivity index (χ2n) is 4.31. The Morgan fingerprint density at radius 1 is 1.14 bits per heavy atom. The number of thioether (sulfide) groups is 1. The fourth-order valence-corrected chi connectivity index (χ4v) is 2.21. The van der Waals surface area contributed by atoms with Crippen LogP contribution in [0.1, 0.15) is 11.1 Å². The first-order valence-corrected chi connectivity index (χ1v) is 8.16. The molecule has 2 aromatic carbocycles. The lowest BCUT2D eigenvalue weighted by atomic mass is 10.2. The van der Waals surface area contributed by atoms with Crippen molar-refractivity contribution in [1.82, 2.24) is 10.7 Å². The van der Waals surface area contributed by atoms with Gasteiger partial charge >= 0.3 is 0 Å². The molecule has 0 aliphatic rings. The van der Waals surface area contributed by atoms with E-state index in [0.717, 1.165) is 5.56 Å². The van der Waals surface area contributed by atoms with E-state index < -0.39 is 0 Å². The summed E-state index contributed by atoms with van der Waals surface area (Å²) in [6.45, 7) is 0.685. The maximum absolute atomic E-state index is 5.17. The third-order valence-electron chi connectivity index (χ3n) is 2.79. The highest BCUT2D eigenvalue weighted by Crippen LogP contribution is 2.13. The van der Waals surface area contributed by atoms with Gasteiger partial charge in [0, 0.05) is 11.4 Å². The van der Waals surface area contributed by atoms with Gasteiger partial charge in [0.2, 0.25) is 0 Å². The van der Waals surface area contributed by atoms with Crippen LogP contribution in [0.4, 0.5) is 0 Å². The van der Waals surface area contributed by atoms with Gasteiger partial charge in [0.15, 0.2) is 5.11 Å². The molecule has 0 amide bonds. The monoisotopic (exact) mass is 315 g/mol. The Hall–Kier alpha value is -1.85. The molecule has 0 bridgehead atoms. The molecule has 2 aromatic rings. The Kier molecular flexibility index (Phi) is 6.24. The van der Waals surface area contributed by atoms with Gasteiger partial charge in [-0.3, -0.25) is 5.43 Å². The summed E-state index contributed by atoms with van der Waals surface area (Å²) in [7, 11) is 0. The summed E-state index contributed by atoms with van der Waals surface area (Å²) in [5, 5.41) is 7.74. The molecule has 0 fully saturated rings. The van der Waals surface area contributed by atoms with Gasteiger partial charge in [0.05, 0.1) is 6.21 Å². The van der Waals surface area contributed by atoms with E-state index in [1.54, 1.807) is 18.0 Å². The smallest absolute Gasteiger partial charge is 0.187 e. The zero-order chi connectivity index (χ0) is 14.9. The molecule has 21 heavy (non-hydrogen) atoms. The SMILES string of the molecule is CSc1ccc(/C=N\NC(=S)NCc2ccccc2)cc1.